The molecule has 25 heavy (non-hydrogen) atoms. The average Bonchev–Trinajstić information content (AvgIpc) is 3.31. The molecule has 5 heteroatoms. The molecule has 1 unspecified atom stereocenters. The molecule has 0 saturated heterocycles. The highest BCUT2D eigenvalue weighted by Gasteiger charge is 2.32. The van der Waals surface area contributed by atoms with Gasteiger partial charge in [-0.3, -0.25) is 5.01 Å². The SMILES string of the molecule is COc1ccccc1C1CN(c2cccc(Br)c2)N=C1c1cccs1. The molecule has 1 aliphatic rings. The first-order chi connectivity index (χ1) is 12.3. The van der Waals surface area contributed by atoms with Crippen LogP contribution >= 0.6 is 27.3 Å². The third-order valence-corrected chi connectivity index (χ3v) is 5.69. The molecule has 0 amide bonds. The molecule has 3 aromatic rings. The number of rotatable bonds is 4. The van der Waals surface area contributed by atoms with E-state index in [4.69, 9.17) is 9.84 Å². The van der Waals surface area contributed by atoms with Crippen LogP contribution in [0.2, 0.25) is 0 Å². The lowest BCUT2D eigenvalue weighted by Gasteiger charge is -2.18. The lowest BCUT2D eigenvalue weighted by atomic mass is 9.93. The van der Waals surface area contributed by atoms with Gasteiger partial charge in [-0.25, -0.2) is 0 Å². The third kappa shape index (κ3) is 3.22. The Labute approximate surface area is 159 Å². The van der Waals surface area contributed by atoms with Crippen molar-refractivity contribution in [2.24, 2.45) is 5.10 Å². The summed E-state index contributed by atoms with van der Waals surface area (Å²) in [5.41, 5.74) is 3.36. The Morgan fingerprint density at radius 3 is 2.76 bits per heavy atom. The van der Waals surface area contributed by atoms with Crippen molar-refractivity contribution in [3.63, 3.8) is 0 Å². The highest BCUT2D eigenvalue weighted by Crippen LogP contribution is 2.37. The molecular formula is C20H17BrN2OS. The van der Waals surface area contributed by atoms with E-state index in [0.717, 1.165) is 28.2 Å². The van der Waals surface area contributed by atoms with Crippen LogP contribution in [0.5, 0.6) is 5.75 Å². The number of halogens is 1. The fraction of sp³-hybridized carbons (Fsp3) is 0.150. The van der Waals surface area contributed by atoms with E-state index < -0.39 is 0 Å². The maximum Gasteiger partial charge on any atom is 0.122 e. The maximum absolute atomic E-state index is 5.61. The van der Waals surface area contributed by atoms with Gasteiger partial charge >= 0.3 is 0 Å². The summed E-state index contributed by atoms with van der Waals surface area (Å²) in [4.78, 5) is 1.20. The summed E-state index contributed by atoms with van der Waals surface area (Å²) in [6.45, 7) is 0.796. The van der Waals surface area contributed by atoms with Crippen molar-refractivity contribution in [1.29, 1.82) is 0 Å². The van der Waals surface area contributed by atoms with Gasteiger partial charge in [-0.15, -0.1) is 11.3 Å². The van der Waals surface area contributed by atoms with Crippen molar-refractivity contribution in [2.75, 3.05) is 18.7 Å². The lowest BCUT2D eigenvalue weighted by molar-refractivity contribution is 0.409. The van der Waals surface area contributed by atoms with Crippen LogP contribution in [0.3, 0.4) is 0 Å². The highest BCUT2D eigenvalue weighted by atomic mass is 79.9. The molecule has 1 aliphatic heterocycles. The first kappa shape index (κ1) is 16.4. The molecule has 0 saturated carbocycles. The summed E-state index contributed by atoms with van der Waals surface area (Å²) in [5.74, 6) is 1.08. The molecule has 1 aromatic heterocycles. The number of hydrogen-bond donors (Lipinski definition) is 0. The largest absolute Gasteiger partial charge is 0.496 e. The molecule has 2 heterocycles. The van der Waals surface area contributed by atoms with Gasteiger partial charge in [0.2, 0.25) is 0 Å². The van der Waals surface area contributed by atoms with Crippen LogP contribution in [-0.2, 0) is 0 Å². The van der Waals surface area contributed by atoms with Gasteiger partial charge in [0.25, 0.3) is 0 Å². The Hall–Kier alpha value is -2.11. The van der Waals surface area contributed by atoms with Gasteiger partial charge in [0.05, 0.1) is 35.8 Å². The van der Waals surface area contributed by atoms with E-state index in [-0.39, 0.29) is 5.92 Å². The minimum Gasteiger partial charge on any atom is -0.496 e. The van der Waals surface area contributed by atoms with Gasteiger partial charge in [0.15, 0.2) is 0 Å². The number of anilines is 1. The van der Waals surface area contributed by atoms with E-state index in [1.54, 1.807) is 18.4 Å². The van der Waals surface area contributed by atoms with Crippen molar-refractivity contribution in [2.45, 2.75) is 5.92 Å². The number of methoxy groups -OCH3 is 1. The molecule has 0 aliphatic carbocycles. The normalized spacial score (nSPS) is 16.8. The molecule has 0 N–H and O–H groups in total. The second-order valence-electron chi connectivity index (χ2n) is 5.82. The quantitative estimate of drug-likeness (QED) is 0.562. The Bertz CT molecular complexity index is 908. The second kappa shape index (κ2) is 7.02. The van der Waals surface area contributed by atoms with Crippen molar-refractivity contribution >= 4 is 38.7 Å². The van der Waals surface area contributed by atoms with Gasteiger partial charge < -0.3 is 4.74 Å². The van der Waals surface area contributed by atoms with Crippen molar-refractivity contribution in [3.05, 3.63) is 81.0 Å². The number of thiophene rings is 1. The Balaban J connectivity index is 1.78. The zero-order valence-electron chi connectivity index (χ0n) is 13.7. The summed E-state index contributed by atoms with van der Waals surface area (Å²) in [7, 11) is 1.72. The monoisotopic (exact) mass is 412 g/mol. The van der Waals surface area contributed by atoms with Crippen LogP contribution in [0.15, 0.2) is 75.6 Å². The van der Waals surface area contributed by atoms with Crippen LogP contribution in [0.4, 0.5) is 5.69 Å². The van der Waals surface area contributed by atoms with Crippen molar-refractivity contribution in [3.8, 4) is 5.75 Å². The lowest BCUT2D eigenvalue weighted by Crippen LogP contribution is -2.18. The van der Waals surface area contributed by atoms with E-state index in [9.17, 15) is 0 Å². The molecule has 1 atom stereocenters. The van der Waals surface area contributed by atoms with E-state index in [0.29, 0.717) is 0 Å². The molecule has 126 valence electrons. The van der Waals surface area contributed by atoms with Crippen molar-refractivity contribution in [1.82, 2.24) is 0 Å². The second-order valence-corrected chi connectivity index (χ2v) is 7.68. The summed E-state index contributed by atoms with van der Waals surface area (Å²) in [6.07, 6.45) is 0. The molecule has 4 rings (SSSR count). The number of nitrogens with zero attached hydrogens (tertiary/aromatic N) is 2. The van der Waals surface area contributed by atoms with Crippen molar-refractivity contribution < 1.29 is 4.74 Å². The smallest absolute Gasteiger partial charge is 0.122 e. The summed E-state index contributed by atoms with van der Waals surface area (Å²) in [5, 5.41) is 9.14. The third-order valence-electron chi connectivity index (χ3n) is 4.31. The van der Waals surface area contributed by atoms with Crippen LogP contribution in [0.1, 0.15) is 16.4 Å². The Morgan fingerprint density at radius 1 is 1.12 bits per heavy atom. The number of hydrazone groups is 1. The minimum absolute atomic E-state index is 0.175. The zero-order chi connectivity index (χ0) is 17.2. The number of benzene rings is 2. The van der Waals surface area contributed by atoms with Gasteiger partial charge in [0, 0.05) is 10.0 Å². The van der Waals surface area contributed by atoms with Crippen LogP contribution in [0, 0.1) is 0 Å². The molecule has 2 aromatic carbocycles. The molecular weight excluding hydrogens is 396 g/mol. The van der Waals surface area contributed by atoms with Gasteiger partial charge in [-0.1, -0.05) is 46.3 Å². The average molecular weight is 413 g/mol. The van der Waals surface area contributed by atoms with E-state index >= 15 is 0 Å². The zero-order valence-corrected chi connectivity index (χ0v) is 16.1. The Morgan fingerprint density at radius 2 is 2.00 bits per heavy atom. The molecule has 0 spiro atoms. The first-order valence-corrected chi connectivity index (χ1v) is 9.72. The predicted molar refractivity (Wildman–Crippen MR) is 108 cm³/mol. The topological polar surface area (TPSA) is 24.8 Å². The van der Waals surface area contributed by atoms with E-state index in [1.807, 2.05) is 24.3 Å². The van der Waals surface area contributed by atoms with E-state index in [2.05, 4.69) is 62.7 Å². The van der Waals surface area contributed by atoms with Crippen LogP contribution < -0.4 is 9.75 Å². The van der Waals surface area contributed by atoms with Gasteiger partial charge in [-0.2, -0.15) is 5.10 Å². The summed E-state index contributed by atoms with van der Waals surface area (Å²) >= 11 is 5.28. The van der Waals surface area contributed by atoms with Gasteiger partial charge in [0.1, 0.15) is 5.75 Å². The number of para-hydroxylation sites is 1. The van der Waals surface area contributed by atoms with Crippen LogP contribution in [0.25, 0.3) is 0 Å². The predicted octanol–water partition coefficient (Wildman–Crippen LogP) is 5.53. The molecule has 3 nitrogen and oxygen atoms in total. The number of hydrogen-bond acceptors (Lipinski definition) is 4. The number of ether oxygens (including phenoxy) is 1. The fourth-order valence-electron chi connectivity index (χ4n) is 3.15. The standard InChI is InChI=1S/C20H17BrN2OS/c1-24-18-9-3-2-8-16(18)17-13-23(15-7-4-6-14(21)12-15)22-20(17)19-10-5-11-25-19/h2-12,17H,13H2,1H3. The summed E-state index contributed by atoms with van der Waals surface area (Å²) in [6, 6.07) is 20.7. The Kier molecular flexibility index (Phi) is 4.59. The first-order valence-electron chi connectivity index (χ1n) is 8.04. The van der Waals surface area contributed by atoms with Crippen LogP contribution in [-0.4, -0.2) is 19.4 Å². The molecule has 0 fully saturated rings. The minimum atomic E-state index is 0.175. The molecule has 0 radical (unpaired) electrons. The van der Waals surface area contributed by atoms with E-state index in [1.165, 1.54) is 10.4 Å². The van der Waals surface area contributed by atoms with Gasteiger partial charge in [-0.05, 0) is 35.7 Å². The summed E-state index contributed by atoms with van der Waals surface area (Å²) < 4.78 is 6.66. The highest BCUT2D eigenvalue weighted by molar-refractivity contribution is 9.10. The fourth-order valence-corrected chi connectivity index (χ4v) is 4.30. The maximum atomic E-state index is 5.61. The molecule has 0 bridgehead atoms.